The lowest BCUT2D eigenvalue weighted by Gasteiger charge is -2.19. The second-order valence-electron chi connectivity index (χ2n) is 6.94. The summed E-state index contributed by atoms with van der Waals surface area (Å²) in [5.41, 5.74) is 2.56. The summed E-state index contributed by atoms with van der Waals surface area (Å²) in [4.78, 5) is 16.0. The predicted molar refractivity (Wildman–Crippen MR) is 124 cm³/mol. The summed E-state index contributed by atoms with van der Waals surface area (Å²) in [6, 6.07) is 12.1. The van der Waals surface area contributed by atoms with Crippen LogP contribution in [0.25, 0.3) is 0 Å². The van der Waals surface area contributed by atoms with Crippen LogP contribution in [0, 0.1) is 5.92 Å². The Hall–Kier alpha value is -2.03. The van der Waals surface area contributed by atoms with Gasteiger partial charge in [0.25, 0.3) is 5.91 Å². The number of guanidine groups is 1. The maximum absolute atomic E-state index is 11.8. The largest absolute Gasteiger partial charge is 0.459 e. The van der Waals surface area contributed by atoms with Crippen LogP contribution in [0.15, 0.2) is 52.1 Å². The third kappa shape index (κ3) is 7.92. The fraction of sp³-hybridized carbons (Fsp3) is 0.429. The standard InChI is InChI=1S/C21H30N4O2.HI/c1-15(2)14-17-7-9-18(10-8-17)16(3)25-21(22-4)24-12-11-23-20(26)19-6-5-13-27-19;/h5-10,13,15-16H,11-12,14H2,1-4H3,(H,23,26)(H2,22,24,25);1H. The monoisotopic (exact) mass is 498 g/mol. The number of nitrogens with one attached hydrogen (secondary N) is 3. The lowest BCUT2D eigenvalue weighted by molar-refractivity contribution is 0.0926. The van der Waals surface area contributed by atoms with Gasteiger partial charge in [0.15, 0.2) is 11.7 Å². The lowest BCUT2D eigenvalue weighted by atomic mass is 10.00. The number of benzene rings is 1. The van der Waals surface area contributed by atoms with Gasteiger partial charge < -0.3 is 20.4 Å². The van der Waals surface area contributed by atoms with Gasteiger partial charge in [-0.05, 0) is 42.5 Å². The first-order valence-corrected chi connectivity index (χ1v) is 9.37. The molecule has 0 aliphatic heterocycles. The van der Waals surface area contributed by atoms with E-state index in [0.29, 0.717) is 30.7 Å². The molecule has 2 rings (SSSR count). The predicted octanol–water partition coefficient (Wildman–Crippen LogP) is 3.75. The topological polar surface area (TPSA) is 78.7 Å². The molecule has 2 aromatic rings. The van der Waals surface area contributed by atoms with Gasteiger partial charge in [0.2, 0.25) is 0 Å². The molecule has 0 bridgehead atoms. The smallest absolute Gasteiger partial charge is 0.287 e. The molecule has 0 aliphatic carbocycles. The molecule has 0 aliphatic rings. The van der Waals surface area contributed by atoms with Crippen LogP contribution < -0.4 is 16.0 Å². The van der Waals surface area contributed by atoms with E-state index in [1.165, 1.54) is 17.4 Å². The zero-order valence-electron chi connectivity index (χ0n) is 17.0. The van der Waals surface area contributed by atoms with Crippen LogP contribution in [0.5, 0.6) is 0 Å². The first-order valence-electron chi connectivity index (χ1n) is 9.37. The fourth-order valence-corrected chi connectivity index (χ4v) is 2.75. The van der Waals surface area contributed by atoms with E-state index in [2.05, 4.69) is 66.0 Å². The number of furan rings is 1. The number of hydrogen-bond donors (Lipinski definition) is 3. The van der Waals surface area contributed by atoms with E-state index in [4.69, 9.17) is 4.42 Å². The van der Waals surface area contributed by atoms with Crippen molar-refractivity contribution in [3.05, 3.63) is 59.5 Å². The maximum atomic E-state index is 11.8. The van der Waals surface area contributed by atoms with Crippen LogP contribution in [0.3, 0.4) is 0 Å². The van der Waals surface area contributed by atoms with Gasteiger partial charge in [0, 0.05) is 20.1 Å². The second kappa shape index (κ2) is 12.4. The molecule has 1 amide bonds. The van der Waals surface area contributed by atoms with Crippen molar-refractivity contribution in [3.63, 3.8) is 0 Å². The van der Waals surface area contributed by atoms with E-state index >= 15 is 0 Å². The minimum Gasteiger partial charge on any atom is -0.459 e. The molecule has 7 heteroatoms. The molecule has 1 unspecified atom stereocenters. The number of nitrogens with zero attached hydrogens (tertiary/aromatic N) is 1. The molecule has 154 valence electrons. The molecule has 3 N–H and O–H groups in total. The van der Waals surface area contributed by atoms with Gasteiger partial charge in [-0.3, -0.25) is 9.79 Å². The van der Waals surface area contributed by atoms with Crippen LogP contribution in [-0.2, 0) is 6.42 Å². The van der Waals surface area contributed by atoms with Gasteiger partial charge in [-0.2, -0.15) is 0 Å². The van der Waals surface area contributed by atoms with Gasteiger partial charge >= 0.3 is 0 Å². The SMILES string of the molecule is CN=C(NCCNC(=O)c1ccco1)NC(C)c1ccc(CC(C)C)cc1.I. The van der Waals surface area contributed by atoms with E-state index in [-0.39, 0.29) is 35.9 Å². The quantitative estimate of drug-likeness (QED) is 0.224. The molecule has 0 saturated heterocycles. The molecule has 1 heterocycles. The van der Waals surface area contributed by atoms with Gasteiger partial charge in [-0.1, -0.05) is 38.1 Å². The van der Waals surface area contributed by atoms with Gasteiger partial charge in [-0.25, -0.2) is 0 Å². The maximum Gasteiger partial charge on any atom is 0.287 e. The number of amides is 1. The molecule has 1 atom stereocenters. The zero-order chi connectivity index (χ0) is 19.6. The molecule has 6 nitrogen and oxygen atoms in total. The summed E-state index contributed by atoms with van der Waals surface area (Å²) in [7, 11) is 1.73. The Morgan fingerprint density at radius 2 is 1.75 bits per heavy atom. The molecule has 0 fully saturated rings. The van der Waals surface area contributed by atoms with Crippen LogP contribution in [0.4, 0.5) is 0 Å². The first-order chi connectivity index (χ1) is 13.0. The number of rotatable bonds is 8. The zero-order valence-corrected chi connectivity index (χ0v) is 19.3. The summed E-state index contributed by atoms with van der Waals surface area (Å²) >= 11 is 0. The third-order valence-corrected chi connectivity index (χ3v) is 4.15. The fourth-order valence-electron chi connectivity index (χ4n) is 2.75. The number of carbonyl (C=O) groups excluding carboxylic acids is 1. The molecule has 28 heavy (non-hydrogen) atoms. The molecule has 0 saturated carbocycles. The van der Waals surface area contributed by atoms with Crippen molar-refractivity contribution in [3.8, 4) is 0 Å². The second-order valence-corrected chi connectivity index (χ2v) is 6.94. The third-order valence-electron chi connectivity index (χ3n) is 4.15. The summed E-state index contributed by atoms with van der Waals surface area (Å²) in [5.74, 6) is 1.44. The average Bonchev–Trinajstić information content (AvgIpc) is 3.18. The highest BCUT2D eigenvalue weighted by molar-refractivity contribution is 14.0. The Bertz CT molecular complexity index is 727. The molecule has 1 aromatic carbocycles. The highest BCUT2D eigenvalue weighted by Crippen LogP contribution is 2.15. The average molecular weight is 498 g/mol. The van der Waals surface area contributed by atoms with Crippen LogP contribution >= 0.6 is 24.0 Å². The first kappa shape index (κ1) is 24.0. The molecule has 0 radical (unpaired) electrons. The lowest BCUT2D eigenvalue weighted by Crippen LogP contribution is -2.42. The van der Waals surface area contributed by atoms with Crippen LogP contribution in [0.1, 0.15) is 48.5 Å². The van der Waals surface area contributed by atoms with Crippen molar-refractivity contribution in [2.45, 2.75) is 33.2 Å². The van der Waals surface area contributed by atoms with Crippen molar-refractivity contribution in [2.24, 2.45) is 10.9 Å². The summed E-state index contributed by atoms with van der Waals surface area (Å²) in [5, 5.41) is 9.36. The Morgan fingerprint density at radius 1 is 1.07 bits per heavy atom. The highest BCUT2D eigenvalue weighted by Gasteiger charge is 2.09. The number of aliphatic imine (C=N–C) groups is 1. The summed E-state index contributed by atoms with van der Waals surface area (Å²) in [6.07, 6.45) is 2.57. The van der Waals surface area contributed by atoms with Crippen molar-refractivity contribution in [1.29, 1.82) is 0 Å². The van der Waals surface area contributed by atoms with Crippen LogP contribution in [0.2, 0.25) is 0 Å². The van der Waals surface area contributed by atoms with E-state index in [1.807, 2.05) is 0 Å². The Kier molecular flexibility index (Phi) is 10.7. The molecular weight excluding hydrogens is 467 g/mol. The van der Waals surface area contributed by atoms with E-state index in [0.717, 1.165) is 6.42 Å². The molecular formula is C21H31IN4O2. The Balaban J connectivity index is 0.00000392. The van der Waals surface area contributed by atoms with Crippen molar-refractivity contribution in [1.82, 2.24) is 16.0 Å². The van der Waals surface area contributed by atoms with Gasteiger partial charge in [0.1, 0.15) is 0 Å². The minimum absolute atomic E-state index is 0. The molecule has 1 aromatic heterocycles. The van der Waals surface area contributed by atoms with E-state index < -0.39 is 0 Å². The Labute approximate surface area is 184 Å². The van der Waals surface area contributed by atoms with Gasteiger partial charge in [-0.15, -0.1) is 24.0 Å². The Morgan fingerprint density at radius 3 is 2.32 bits per heavy atom. The van der Waals surface area contributed by atoms with Crippen molar-refractivity contribution < 1.29 is 9.21 Å². The van der Waals surface area contributed by atoms with Gasteiger partial charge in [0.05, 0.1) is 12.3 Å². The number of hydrogen-bond acceptors (Lipinski definition) is 3. The minimum atomic E-state index is -0.223. The van der Waals surface area contributed by atoms with Crippen molar-refractivity contribution >= 4 is 35.8 Å². The highest BCUT2D eigenvalue weighted by atomic mass is 127. The van der Waals surface area contributed by atoms with Crippen LogP contribution in [-0.4, -0.2) is 32.0 Å². The normalized spacial score (nSPS) is 12.2. The van der Waals surface area contributed by atoms with E-state index in [9.17, 15) is 4.79 Å². The van der Waals surface area contributed by atoms with E-state index in [1.54, 1.807) is 19.2 Å². The molecule has 0 spiro atoms. The van der Waals surface area contributed by atoms with Crippen molar-refractivity contribution in [2.75, 3.05) is 20.1 Å². The summed E-state index contributed by atoms with van der Waals surface area (Å²) in [6.45, 7) is 7.59. The summed E-state index contributed by atoms with van der Waals surface area (Å²) < 4.78 is 5.06. The number of halogens is 1. The number of carbonyl (C=O) groups is 1.